The summed E-state index contributed by atoms with van der Waals surface area (Å²) in [6, 6.07) is 6.19. The Morgan fingerprint density at radius 3 is 2.78 bits per heavy atom. The molecule has 0 bridgehead atoms. The Labute approximate surface area is 105 Å². The molecule has 0 heterocycles. The second-order valence-corrected chi connectivity index (χ2v) is 3.68. The van der Waals surface area contributed by atoms with Crippen LogP contribution in [0.25, 0.3) is 0 Å². The Bertz CT molecular complexity index is 434. The van der Waals surface area contributed by atoms with Crippen LogP contribution in [-0.4, -0.2) is 24.6 Å². The fraction of sp³-hybridized carbons (Fsp3) is 0.333. The lowest BCUT2D eigenvalue weighted by Crippen LogP contribution is -2.45. The Kier molecular flexibility index (Phi) is 4.98. The first kappa shape index (κ1) is 13.8. The Morgan fingerprint density at radius 2 is 2.17 bits per heavy atom. The summed E-state index contributed by atoms with van der Waals surface area (Å²) in [6.07, 6.45) is -0.783. The molecule has 1 aromatic carbocycles. The fourth-order valence-corrected chi connectivity index (χ4v) is 1.26. The van der Waals surface area contributed by atoms with Crippen LogP contribution in [0.3, 0.4) is 0 Å². The number of nitrogens with two attached hydrogens (primary N) is 1. The van der Waals surface area contributed by atoms with Crippen molar-refractivity contribution < 1.29 is 14.3 Å². The maximum absolute atomic E-state index is 11.6. The van der Waals surface area contributed by atoms with Crippen LogP contribution < -0.4 is 21.1 Å². The number of nitrogen functional groups attached to an aromatic ring is 1. The van der Waals surface area contributed by atoms with Gasteiger partial charge in [0.05, 0.1) is 0 Å². The van der Waals surface area contributed by atoms with E-state index in [1.54, 1.807) is 38.1 Å². The molecule has 0 aromatic heterocycles. The molecule has 18 heavy (non-hydrogen) atoms. The first-order chi connectivity index (χ1) is 8.52. The van der Waals surface area contributed by atoms with E-state index in [1.165, 1.54) is 0 Å². The zero-order valence-electron chi connectivity index (χ0n) is 10.4. The summed E-state index contributed by atoms with van der Waals surface area (Å²) in [5, 5.41) is 4.63. The van der Waals surface area contributed by atoms with Crippen molar-refractivity contribution in [1.29, 1.82) is 0 Å². The molecule has 0 radical (unpaired) electrons. The van der Waals surface area contributed by atoms with E-state index in [4.69, 9.17) is 10.5 Å². The molecule has 0 aliphatic rings. The highest BCUT2D eigenvalue weighted by Gasteiger charge is 2.16. The van der Waals surface area contributed by atoms with E-state index in [0.717, 1.165) is 0 Å². The Morgan fingerprint density at radius 1 is 1.44 bits per heavy atom. The van der Waals surface area contributed by atoms with Gasteiger partial charge in [-0.25, -0.2) is 4.79 Å². The third-order valence-electron chi connectivity index (χ3n) is 2.11. The van der Waals surface area contributed by atoms with Crippen LogP contribution in [0.4, 0.5) is 10.5 Å². The minimum absolute atomic E-state index is 0.448. The Hall–Kier alpha value is -2.24. The van der Waals surface area contributed by atoms with Crippen LogP contribution in [0.5, 0.6) is 5.75 Å². The minimum atomic E-state index is -0.783. The summed E-state index contributed by atoms with van der Waals surface area (Å²) in [6.45, 7) is 3.76. The van der Waals surface area contributed by atoms with Gasteiger partial charge in [-0.3, -0.25) is 10.1 Å². The lowest BCUT2D eigenvalue weighted by Gasteiger charge is -2.14. The van der Waals surface area contributed by atoms with Crippen molar-refractivity contribution >= 4 is 17.6 Å². The monoisotopic (exact) mass is 251 g/mol. The van der Waals surface area contributed by atoms with Gasteiger partial charge in [0.25, 0.3) is 5.91 Å². The second-order valence-electron chi connectivity index (χ2n) is 3.68. The number of nitrogens with one attached hydrogen (secondary N) is 2. The van der Waals surface area contributed by atoms with Gasteiger partial charge in [-0.1, -0.05) is 6.07 Å². The third-order valence-corrected chi connectivity index (χ3v) is 2.11. The average Bonchev–Trinajstić information content (AvgIpc) is 2.29. The van der Waals surface area contributed by atoms with E-state index < -0.39 is 18.0 Å². The van der Waals surface area contributed by atoms with E-state index in [0.29, 0.717) is 18.0 Å². The third kappa shape index (κ3) is 4.32. The number of rotatable bonds is 4. The molecule has 1 rings (SSSR count). The number of benzene rings is 1. The summed E-state index contributed by atoms with van der Waals surface area (Å²) in [5.41, 5.74) is 6.13. The van der Waals surface area contributed by atoms with Crippen LogP contribution >= 0.6 is 0 Å². The number of hydrogen-bond donors (Lipinski definition) is 3. The van der Waals surface area contributed by atoms with Crippen molar-refractivity contribution in [2.24, 2.45) is 0 Å². The van der Waals surface area contributed by atoms with Crippen molar-refractivity contribution in [3.8, 4) is 5.75 Å². The first-order valence-electron chi connectivity index (χ1n) is 5.63. The number of amides is 3. The summed E-state index contributed by atoms with van der Waals surface area (Å²) in [5.74, 6) is -0.0306. The predicted octanol–water partition coefficient (Wildman–Crippen LogP) is 0.882. The standard InChI is InChI=1S/C12H17N3O3/c1-3-14-12(17)15-11(16)8(2)18-10-6-4-5-9(13)7-10/h4-8H,3,13H2,1-2H3,(H2,14,15,16,17). The molecule has 6 nitrogen and oxygen atoms in total. The molecule has 0 spiro atoms. The smallest absolute Gasteiger partial charge is 0.321 e. The molecular formula is C12H17N3O3. The molecule has 4 N–H and O–H groups in total. The molecular weight excluding hydrogens is 234 g/mol. The molecule has 98 valence electrons. The van der Waals surface area contributed by atoms with Gasteiger partial charge >= 0.3 is 6.03 Å². The lowest BCUT2D eigenvalue weighted by molar-refractivity contribution is -0.126. The van der Waals surface area contributed by atoms with Crippen molar-refractivity contribution in [1.82, 2.24) is 10.6 Å². The van der Waals surface area contributed by atoms with Gasteiger partial charge < -0.3 is 15.8 Å². The van der Waals surface area contributed by atoms with Gasteiger partial charge in [0.1, 0.15) is 5.75 Å². The number of hydrogen-bond acceptors (Lipinski definition) is 4. The molecule has 1 aromatic rings. The topological polar surface area (TPSA) is 93.5 Å². The zero-order valence-corrected chi connectivity index (χ0v) is 10.4. The second kappa shape index (κ2) is 6.48. The van der Waals surface area contributed by atoms with Gasteiger partial charge in [0.15, 0.2) is 6.10 Å². The van der Waals surface area contributed by atoms with Crippen molar-refractivity contribution in [3.05, 3.63) is 24.3 Å². The molecule has 0 fully saturated rings. The summed E-state index contributed by atoms with van der Waals surface area (Å²) < 4.78 is 5.36. The zero-order chi connectivity index (χ0) is 13.5. The maximum Gasteiger partial charge on any atom is 0.321 e. The van der Waals surface area contributed by atoms with Gasteiger partial charge in [-0.15, -0.1) is 0 Å². The van der Waals surface area contributed by atoms with E-state index in [-0.39, 0.29) is 0 Å². The van der Waals surface area contributed by atoms with Gasteiger partial charge in [-0.05, 0) is 26.0 Å². The van der Waals surface area contributed by atoms with E-state index in [2.05, 4.69) is 10.6 Å². The van der Waals surface area contributed by atoms with E-state index in [1.807, 2.05) is 0 Å². The highest BCUT2D eigenvalue weighted by Crippen LogP contribution is 2.15. The highest BCUT2D eigenvalue weighted by molar-refractivity contribution is 5.96. The van der Waals surface area contributed by atoms with Gasteiger partial charge in [-0.2, -0.15) is 0 Å². The number of anilines is 1. The molecule has 6 heteroatoms. The average molecular weight is 251 g/mol. The quantitative estimate of drug-likeness (QED) is 0.692. The molecule has 1 unspecified atom stereocenters. The summed E-state index contributed by atoms with van der Waals surface area (Å²) >= 11 is 0. The number of carbonyl (C=O) groups is 2. The molecule has 0 saturated carbocycles. The van der Waals surface area contributed by atoms with E-state index in [9.17, 15) is 9.59 Å². The molecule has 0 aliphatic carbocycles. The van der Waals surface area contributed by atoms with Crippen molar-refractivity contribution in [2.45, 2.75) is 20.0 Å². The van der Waals surface area contributed by atoms with Gasteiger partial charge in [0.2, 0.25) is 0 Å². The summed E-state index contributed by atoms with van der Waals surface area (Å²) in [7, 11) is 0. The van der Waals surface area contributed by atoms with Crippen molar-refractivity contribution in [2.75, 3.05) is 12.3 Å². The van der Waals surface area contributed by atoms with Gasteiger partial charge in [0, 0.05) is 18.3 Å². The highest BCUT2D eigenvalue weighted by atomic mass is 16.5. The number of urea groups is 1. The van der Waals surface area contributed by atoms with Crippen LogP contribution in [0.15, 0.2) is 24.3 Å². The van der Waals surface area contributed by atoms with Crippen LogP contribution in [0, 0.1) is 0 Å². The van der Waals surface area contributed by atoms with E-state index >= 15 is 0 Å². The Balaban J connectivity index is 2.52. The normalized spacial score (nSPS) is 11.4. The molecule has 0 saturated heterocycles. The molecule has 0 aliphatic heterocycles. The largest absolute Gasteiger partial charge is 0.481 e. The SMILES string of the molecule is CCNC(=O)NC(=O)C(C)Oc1cccc(N)c1. The fourth-order valence-electron chi connectivity index (χ4n) is 1.26. The predicted molar refractivity (Wildman–Crippen MR) is 68.2 cm³/mol. The van der Waals surface area contributed by atoms with Crippen molar-refractivity contribution in [3.63, 3.8) is 0 Å². The maximum atomic E-state index is 11.6. The lowest BCUT2D eigenvalue weighted by atomic mass is 10.3. The minimum Gasteiger partial charge on any atom is -0.481 e. The molecule has 3 amide bonds. The number of carbonyl (C=O) groups excluding carboxylic acids is 2. The van der Waals surface area contributed by atoms with Crippen LogP contribution in [0.2, 0.25) is 0 Å². The van der Waals surface area contributed by atoms with Crippen LogP contribution in [-0.2, 0) is 4.79 Å². The number of imide groups is 1. The summed E-state index contributed by atoms with van der Waals surface area (Å²) in [4.78, 5) is 22.7. The first-order valence-corrected chi connectivity index (χ1v) is 5.63. The number of ether oxygens (including phenoxy) is 1. The van der Waals surface area contributed by atoms with Crippen LogP contribution in [0.1, 0.15) is 13.8 Å². The molecule has 1 atom stereocenters.